The smallest absolute Gasteiger partial charge is 0.306 e. The van der Waals surface area contributed by atoms with Crippen LogP contribution >= 0.6 is 12.6 Å². The Morgan fingerprint density at radius 1 is 1.60 bits per heavy atom. The average molecular weight is 233 g/mol. The zero-order valence-electron chi connectivity index (χ0n) is 9.19. The molecule has 0 aromatic heterocycles. The zero-order valence-corrected chi connectivity index (χ0v) is 10.1. The lowest BCUT2D eigenvalue weighted by molar-refractivity contribution is -0.141. The highest BCUT2D eigenvalue weighted by atomic mass is 32.1. The van der Waals surface area contributed by atoms with Gasteiger partial charge in [-0.15, -0.1) is 6.58 Å². The summed E-state index contributed by atoms with van der Waals surface area (Å²) in [6.45, 7) is 7.23. The van der Waals surface area contributed by atoms with E-state index in [1.807, 2.05) is 0 Å². The van der Waals surface area contributed by atoms with Crippen molar-refractivity contribution in [1.82, 2.24) is 5.32 Å². The van der Waals surface area contributed by atoms with Gasteiger partial charge in [-0.05, 0) is 6.42 Å². The highest BCUT2D eigenvalue weighted by molar-refractivity contribution is 7.80. The van der Waals surface area contributed by atoms with Crippen molar-refractivity contribution in [2.24, 2.45) is 5.92 Å². The molecule has 0 rings (SSSR count). The molecule has 0 aliphatic rings. The van der Waals surface area contributed by atoms with E-state index in [-0.39, 0.29) is 11.8 Å². The predicted octanol–water partition coefficient (Wildman–Crippen LogP) is 1.34. The molecule has 5 heteroatoms. The predicted molar refractivity (Wildman–Crippen MR) is 64.2 cm³/mol. The fourth-order valence-corrected chi connectivity index (χ4v) is 0.695. The zero-order chi connectivity index (χ0) is 12.3. The van der Waals surface area contributed by atoms with E-state index in [0.717, 1.165) is 0 Å². The molecule has 2 N–H and O–H groups in total. The second-order valence-corrected chi connectivity index (χ2v) is 3.42. The normalized spacial score (nSPS) is 10.6. The summed E-state index contributed by atoms with van der Waals surface area (Å²) in [6, 6.07) is 0. The van der Waals surface area contributed by atoms with Crippen LogP contribution in [0.15, 0.2) is 12.7 Å². The van der Waals surface area contributed by atoms with Gasteiger partial charge in [-0.1, -0.05) is 13.0 Å². The minimum Gasteiger partial charge on any atom is -0.481 e. The molecule has 0 aromatic rings. The molecule has 1 unspecified atom stereocenters. The Hall–Kier alpha value is -0.970. The summed E-state index contributed by atoms with van der Waals surface area (Å²) in [5, 5.41) is 10.8. The number of carboxylic acid groups (broad SMARTS) is 1. The molecule has 4 nitrogen and oxygen atoms in total. The number of carbonyl (C=O) groups is 2. The summed E-state index contributed by atoms with van der Waals surface area (Å²) in [5.74, 6) is -0.328. The standard InChI is InChI=1S/C6H10O2.C4H9NOS/c1-3-4-5(2)6(7)8;1-4(6)5-2-3-7/h3,5H,1,4H2,2H3,(H,7,8);7H,2-3H2,1H3,(H,5,6). The third-order valence-corrected chi connectivity index (χ3v) is 1.65. The largest absolute Gasteiger partial charge is 0.481 e. The van der Waals surface area contributed by atoms with Gasteiger partial charge in [0.05, 0.1) is 5.92 Å². The molecule has 0 aliphatic heterocycles. The molecule has 15 heavy (non-hydrogen) atoms. The molecule has 0 saturated carbocycles. The van der Waals surface area contributed by atoms with Crippen molar-refractivity contribution in [3.63, 3.8) is 0 Å². The number of carboxylic acids is 1. The van der Waals surface area contributed by atoms with E-state index >= 15 is 0 Å². The quantitative estimate of drug-likeness (QED) is 0.496. The number of hydrogen-bond donors (Lipinski definition) is 3. The Kier molecular flexibility index (Phi) is 12.2. The van der Waals surface area contributed by atoms with Gasteiger partial charge in [0.15, 0.2) is 0 Å². The minimum atomic E-state index is -0.759. The molecule has 0 spiro atoms. The molecular formula is C10H19NO3S. The minimum absolute atomic E-state index is 0.00838. The van der Waals surface area contributed by atoms with Crippen molar-refractivity contribution in [3.8, 4) is 0 Å². The highest BCUT2D eigenvalue weighted by Crippen LogP contribution is 2.00. The molecule has 0 saturated heterocycles. The third kappa shape index (κ3) is 15.8. The summed E-state index contributed by atoms with van der Waals surface area (Å²) in [6.07, 6.45) is 2.16. The summed E-state index contributed by atoms with van der Waals surface area (Å²) in [7, 11) is 0. The number of hydrogen-bond acceptors (Lipinski definition) is 3. The number of aliphatic carboxylic acids is 1. The van der Waals surface area contributed by atoms with Gasteiger partial charge in [0, 0.05) is 19.2 Å². The van der Waals surface area contributed by atoms with Gasteiger partial charge in [-0.2, -0.15) is 12.6 Å². The van der Waals surface area contributed by atoms with Gasteiger partial charge in [0.25, 0.3) is 0 Å². The molecule has 1 amide bonds. The summed E-state index contributed by atoms with van der Waals surface area (Å²) in [4.78, 5) is 20.1. The van der Waals surface area contributed by atoms with Crippen LogP contribution in [0.25, 0.3) is 0 Å². The topological polar surface area (TPSA) is 66.4 Å². The number of rotatable bonds is 5. The van der Waals surface area contributed by atoms with Gasteiger partial charge in [0.1, 0.15) is 0 Å². The lowest BCUT2D eigenvalue weighted by Crippen LogP contribution is -2.21. The molecule has 0 bridgehead atoms. The van der Waals surface area contributed by atoms with Crippen LogP contribution in [-0.4, -0.2) is 29.3 Å². The maximum atomic E-state index is 10.1. The van der Waals surface area contributed by atoms with Crippen LogP contribution in [-0.2, 0) is 9.59 Å². The van der Waals surface area contributed by atoms with Crippen LogP contribution in [0.1, 0.15) is 20.3 Å². The molecule has 0 radical (unpaired) electrons. The number of allylic oxidation sites excluding steroid dienone is 1. The van der Waals surface area contributed by atoms with Crippen LogP contribution in [0, 0.1) is 5.92 Å². The van der Waals surface area contributed by atoms with E-state index in [9.17, 15) is 9.59 Å². The Morgan fingerprint density at radius 3 is 2.27 bits per heavy atom. The van der Waals surface area contributed by atoms with Gasteiger partial charge in [-0.25, -0.2) is 0 Å². The van der Waals surface area contributed by atoms with Crippen LogP contribution in [0.2, 0.25) is 0 Å². The van der Waals surface area contributed by atoms with Gasteiger partial charge >= 0.3 is 5.97 Å². The van der Waals surface area contributed by atoms with E-state index in [4.69, 9.17) is 5.11 Å². The summed E-state index contributed by atoms with van der Waals surface area (Å²) in [5.41, 5.74) is 0. The molecule has 0 fully saturated rings. The molecular weight excluding hydrogens is 214 g/mol. The maximum Gasteiger partial charge on any atom is 0.306 e. The monoisotopic (exact) mass is 233 g/mol. The van der Waals surface area contributed by atoms with Crippen molar-refractivity contribution in [2.75, 3.05) is 12.3 Å². The number of amides is 1. The van der Waals surface area contributed by atoms with E-state index in [1.165, 1.54) is 6.92 Å². The summed E-state index contributed by atoms with van der Waals surface area (Å²) >= 11 is 3.88. The van der Waals surface area contributed by atoms with E-state index in [0.29, 0.717) is 18.7 Å². The Morgan fingerprint density at radius 2 is 2.13 bits per heavy atom. The maximum absolute atomic E-state index is 10.1. The van der Waals surface area contributed by atoms with E-state index < -0.39 is 5.97 Å². The van der Waals surface area contributed by atoms with Crippen molar-refractivity contribution in [3.05, 3.63) is 12.7 Å². The first-order chi connectivity index (χ1) is 6.95. The number of nitrogens with one attached hydrogen (secondary N) is 1. The van der Waals surface area contributed by atoms with Crippen LogP contribution in [0.5, 0.6) is 0 Å². The van der Waals surface area contributed by atoms with Gasteiger partial charge in [0.2, 0.25) is 5.91 Å². The van der Waals surface area contributed by atoms with Crippen molar-refractivity contribution < 1.29 is 14.7 Å². The van der Waals surface area contributed by atoms with E-state index in [2.05, 4.69) is 24.5 Å². The fourth-order valence-electron chi connectivity index (χ4n) is 0.583. The lowest BCUT2D eigenvalue weighted by Gasteiger charge is -1.97. The highest BCUT2D eigenvalue weighted by Gasteiger charge is 2.06. The molecule has 88 valence electrons. The third-order valence-electron chi connectivity index (χ3n) is 1.43. The number of thiol groups is 1. The lowest BCUT2D eigenvalue weighted by atomic mass is 10.1. The SMILES string of the molecule is C=CCC(C)C(=O)O.CC(=O)NCCS. The summed E-state index contributed by atoms with van der Waals surface area (Å²) < 4.78 is 0. The fraction of sp³-hybridized carbons (Fsp3) is 0.600. The second-order valence-electron chi connectivity index (χ2n) is 2.97. The molecule has 0 aliphatic carbocycles. The van der Waals surface area contributed by atoms with Crippen LogP contribution in [0.4, 0.5) is 0 Å². The first-order valence-electron chi connectivity index (χ1n) is 4.64. The van der Waals surface area contributed by atoms with Gasteiger partial charge < -0.3 is 10.4 Å². The molecule has 1 atom stereocenters. The Labute approximate surface area is 96.2 Å². The van der Waals surface area contributed by atoms with Crippen LogP contribution < -0.4 is 5.32 Å². The number of carbonyl (C=O) groups excluding carboxylic acids is 1. The second kappa shape index (κ2) is 11.1. The average Bonchev–Trinajstić information content (AvgIpc) is 2.16. The Balaban J connectivity index is 0. The first-order valence-corrected chi connectivity index (χ1v) is 5.27. The van der Waals surface area contributed by atoms with Crippen molar-refractivity contribution in [1.29, 1.82) is 0 Å². The molecule has 0 aromatic carbocycles. The molecule has 0 heterocycles. The van der Waals surface area contributed by atoms with Gasteiger partial charge in [-0.3, -0.25) is 9.59 Å². The van der Waals surface area contributed by atoms with Crippen molar-refractivity contribution in [2.45, 2.75) is 20.3 Å². The van der Waals surface area contributed by atoms with Crippen molar-refractivity contribution >= 4 is 24.5 Å². The Bertz CT molecular complexity index is 207. The first kappa shape index (κ1) is 16.5. The van der Waals surface area contributed by atoms with Crippen LogP contribution in [0.3, 0.4) is 0 Å². The van der Waals surface area contributed by atoms with E-state index in [1.54, 1.807) is 13.0 Å².